The highest BCUT2D eigenvalue weighted by atomic mass is 16.5. The van der Waals surface area contributed by atoms with Crippen molar-refractivity contribution in [2.24, 2.45) is 17.6 Å². The summed E-state index contributed by atoms with van der Waals surface area (Å²) < 4.78 is 31.5. The molecule has 1 heterocycles. The molecule has 8 unspecified atom stereocenters. The van der Waals surface area contributed by atoms with E-state index in [2.05, 4.69) is 75.4 Å². The van der Waals surface area contributed by atoms with Gasteiger partial charge in [0.25, 0.3) is 0 Å². The zero-order valence-corrected chi connectivity index (χ0v) is 29.0. The van der Waals surface area contributed by atoms with Crippen LogP contribution in [0.1, 0.15) is 81.1 Å². The number of allylic oxidation sites excluding steroid dienone is 2. The smallest absolute Gasteiger partial charge is 0.112 e. The monoisotopic (exact) mass is 645 g/mol. The Bertz CT molecular complexity index is 1440. The molecule has 8 atom stereocenters. The van der Waals surface area contributed by atoms with Crippen molar-refractivity contribution in [3.05, 3.63) is 93.6 Å². The van der Waals surface area contributed by atoms with E-state index in [9.17, 15) is 5.11 Å². The van der Waals surface area contributed by atoms with Gasteiger partial charge in [0.2, 0.25) is 0 Å². The molecule has 47 heavy (non-hydrogen) atoms. The second-order valence-electron chi connectivity index (χ2n) is 14.2. The quantitative estimate of drug-likeness (QED) is 0.185. The highest BCUT2D eigenvalue weighted by Gasteiger charge is 2.61. The van der Waals surface area contributed by atoms with Crippen molar-refractivity contribution in [2.45, 2.75) is 94.7 Å². The Labute approximate surface area is 281 Å². The van der Waals surface area contributed by atoms with Gasteiger partial charge in [-0.05, 0) is 87.5 Å². The molecule has 0 spiro atoms. The van der Waals surface area contributed by atoms with E-state index in [-0.39, 0.29) is 36.8 Å². The molecular weight excluding hydrogens is 590 g/mol. The molecule has 0 saturated carbocycles. The predicted molar refractivity (Wildman–Crippen MR) is 185 cm³/mol. The molecule has 5 aliphatic rings. The van der Waals surface area contributed by atoms with Gasteiger partial charge in [-0.2, -0.15) is 0 Å². The van der Waals surface area contributed by atoms with Gasteiger partial charge in [-0.25, -0.2) is 0 Å². The summed E-state index contributed by atoms with van der Waals surface area (Å²) in [5.74, 6) is 0.803. The average molecular weight is 646 g/mol. The molecule has 1 aromatic carbocycles. The summed E-state index contributed by atoms with van der Waals surface area (Å²) in [7, 11) is 3.49. The van der Waals surface area contributed by atoms with Crippen LogP contribution < -0.4 is 5.73 Å². The van der Waals surface area contributed by atoms with Crippen molar-refractivity contribution < 1.29 is 28.8 Å². The summed E-state index contributed by atoms with van der Waals surface area (Å²) in [6.45, 7) is 8.52. The maximum absolute atomic E-state index is 9.25. The molecule has 3 N–H and O–H groups in total. The van der Waals surface area contributed by atoms with Crippen LogP contribution in [-0.2, 0) is 23.7 Å². The third-order valence-corrected chi connectivity index (χ3v) is 11.5. The second-order valence-corrected chi connectivity index (χ2v) is 14.2. The van der Waals surface area contributed by atoms with Gasteiger partial charge in [-0.3, -0.25) is 0 Å². The molecule has 0 aromatic heterocycles. The van der Waals surface area contributed by atoms with Gasteiger partial charge in [0.15, 0.2) is 0 Å². The van der Waals surface area contributed by atoms with Crippen LogP contribution in [0.3, 0.4) is 0 Å². The number of fused-ring (bicyclic) bond motifs is 7. The molecule has 7 heteroatoms. The van der Waals surface area contributed by atoms with Crippen LogP contribution in [0.15, 0.2) is 76.9 Å². The summed E-state index contributed by atoms with van der Waals surface area (Å²) in [5.41, 5.74) is 14.4. The second kappa shape index (κ2) is 14.6. The summed E-state index contributed by atoms with van der Waals surface area (Å²) in [5, 5.41) is 9.25. The number of hydrogen-bond donors (Lipinski definition) is 2. The molecule has 256 valence electrons. The van der Waals surface area contributed by atoms with Gasteiger partial charge in [-0.15, -0.1) is 0 Å². The van der Waals surface area contributed by atoms with Crippen LogP contribution in [0.25, 0.3) is 0 Å². The van der Waals surface area contributed by atoms with Gasteiger partial charge in [0, 0.05) is 32.6 Å². The molecule has 6 rings (SSSR count). The minimum atomic E-state index is -0.575. The number of methoxy groups -OCH3 is 2. The van der Waals surface area contributed by atoms with Gasteiger partial charge in [0.05, 0.1) is 50.3 Å². The molecule has 0 bridgehead atoms. The minimum absolute atomic E-state index is 0.0167. The highest BCUT2D eigenvalue weighted by molar-refractivity contribution is 5.56. The van der Waals surface area contributed by atoms with Crippen LogP contribution >= 0.6 is 0 Å². The first-order valence-electron chi connectivity index (χ1n) is 17.6. The van der Waals surface area contributed by atoms with E-state index < -0.39 is 11.2 Å². The van der Waals surface area contributed by atoms with E-state index in [0.29, 0.717) is 32.3 Å². The van der Waals surface area contributed by atoms with Crippen molar-refractivity contribution in [3.8, 4) is 0 Å². The Kier molecular flexibility index (Phi) is 10.7. The van der Waals surface area contributed by atoms with Crippen molar-refractivity contribution in [3.63, 3.8) is 0 Å². The van der Waals surface area contributed by atoms with E-state index in [1.54, 1.807) is 14.2 Å². The molecule has 1 aromatic rings. The van der Waals surface area contributed by atoms with Crippen molar-refractivity contribution >= 4 is 0 Å². The van der Waals surface area contributed by atoms with Gasteiger partial charge in [0.1, 0.15) is 5.60 Å². The Morgan fingerprint density at radius 3 is 2.70 bits per heavy atom. The molecule has 1 saturated heterocycles. The first-order valence-corrected chi connectivity index (χ1v) is 17.6. The average Bonchev–Trinajstić information content (AvgIpc) is 3.34. The normalized spacial score (nSPS) is 33.6. The molecule has 1 fully saturated rings. The third kappa shape index (κ3) is 6.53. The fraction of sp³-hybridized carbons (Fsp3) is 0.600. The maximum Gasteiger partial charge on any atom is 0.112 e. The summed E-state index contributed by atoms with van der Waals surface area (Å²) in [4.78, 5) is 0. The van der Waals surface area contributed by atoms with Crippen LogP contribution in [0.4, 0.5) is 0 Å². The number of benzene rings is 1. The van der Waals surface area contributed by atoms with Crippen LogP contribution in [-0.4, -0.2) is 75.7 Å². The Morgan fingerprint density at radius 1 is 1.13 bits per heavy atom. The van der Waals surface area contributed by atoms with E-state index in [1.807, 2.05) is 0 Å². The number of aryl methyl sites for hydroxylation is 1. The first kappa shape index (κ1) is 34.5. The maximum atomic E-state index is 9.25. The number of aliphatic hydroxyl groups is 1. The van der Waals surface area contributed by atoms with Crippen molar-refractivity contribution in [1.29, 1.82) is 0 Å². The van der Waals surface area contributed by atoms with E-state index in [4.69, 9.17) is 29.4 Å². The molecule has 0 radical (unpaired) electrons. The predicted octanol–water partition coefficient (Wildman–Crippen LogP) is 6.57. The van der Waals surface area contributed by atoms with Crippen LogP contribution in [0, 0.1) is 18.8 Å². The van der Waals surface area contributed by atoms with Crippen molar-refractivity contribution in [1.82, 2.24) is 0 Å². The first-order chi connectivity index (χ1) is 22.8. The van der Waals surface area contributed by atoms with Gasteiger partial charge in [-0.1, -0.05) is 71.4 Å². The van der Waals surface area contributed by atoms with Gasteiger partial charge < -0.3 is 34.5 Å². The Balaban J connectivity index is 1.42. The topological polar surface area (TPSA) is 92.4 Å². The van der Waals surface area contributed by atoms with E-state index >= 15 is 0 Å². The minimum Gasteiger partial charge on any atom is -0.394 e. The number of ether oxygens (including phenoxy) is 5. The van der Waals surface area contributed by atoms with Crippen molar-refractivity contribution in [2.75, 3.05) is 47.2 Å². The number of rotatable bonds is 13. The third-order valence-electron chi connectivity index (χ3n) is 11.5. The lowest BCUT2D eigenvalue weighted by Crippen LogP contribution is -2.51. The van der Waals surface area contributed by atoms with Crippen LogP contribution in [0.2, 0.25) is 0 Å². The molecular formula is C40H55NO6. The largest absolute Gasteiger partial charge is 0.394 e. The lowest BCUT2D eigenvalue weighted by molar-refractivity contribution is -0.162. The lowest BCUT2D eigenvalue weighted by Gasteiger charge is -2.54. The van der Waals surface area contributed by atoms with Gasteiger partial charge >= 0.3 is 0 Å². The zero-order chi connectivity index (χ0) is 33.2. The summed E-state index contributed by atoms with van der Waals surface area (Å²) >= 11 is 0. The summed E-state index contributed by atoms with van der Waals surface area (Å²) in [6, 6.07) is 7.02. The molecule has 1 aliphatic heterocycles. The highest BCUT2D eigenvalue weighted by Crippen LogP contribution is 2.66. The Hall–Kier alpha value is -2.36. The standard InChI is InChI=1S/C40H55NO6/c1-26-8-14-31-34(23-26)38-33(37-36(31)32-15-9-27(2)24-35(32)39(37,3)46-22-21-45-20-19-42)16-18-40(47-38,17-6-7-30(25-41)44-5)28-10-12-29(43-4)13-11-28/h6,8,10-12,14,17,23-24,29-30,33,36-38,42H,7,9,13,15-16,18-22,25,41H2,1-5H3/b17-6+. The van der Waals surface area contributed by atoms with E-state index in [0.717, 1.165) is 38.5 Å². The SMILES string of the molecule is COC1C=CC(C2(/C=C/CC(CN)OC)CCC3C(O2)c2cc(C)ccc2C2C4=C(C=C(C)CC4)C(C)(OCCOCCO)C23)=CC1. The fourth-order valence-electron chi connectivity index (χ4n) is 9.08. The van der Waals surface area contributed by atoms with E-state index in [1.165, 1.54) is 39.0 Å². The molecule has 7 nitrogen and oxygen atoms in total. The molecule has 4 aliphatic carbocycles. The lowest BCUT2D eigenvalue weighted by atomic mass is 9.60. The number of aliphatic hydroxyl groups excluding tert-OH is 1. The zero-order valence-electron chi connectivity index (χ0n) is 29.0. The fourth-order valence-corrected chi connectivity index (χ4v) is 9.08. The van der Waals surface area contributed by atoms with Crippen LogP contribution in [0.5, 0.6) is 0 Å². The molecule has 0 amide bonds. The number of hydrogen-bond acceptors (Lipinski definition) is 7. The Morgan fingerprint density at radius 2 is 1.98 bits per heavy atom. The summed E-state index contributed by atoms with van der Waals surface area (Å²) in [6.07, 6.45) is 19.2. The number of nitrogens with two attached hydrogens (primary N) is 1.